The number of rotatable bonds is 5. The van der Waals surface area contributed by atoms with Crippen LogP contribution >= 0.6 is 11.3 Å². The lowest BCUT2D eigenvalue weighted by atomic mass is 9.97. The number of thiophene rings is 1. The third-order valence-electron chi connectivity index (χ3n) is 5.51. The monoisotopic (exact) mass is 403 g/mol. The number of nitrogens with zero attached hydrogens (tertiary/aromatic N) is 2. The van der Waals surface area contributed by atoms with Crippen LogP contribution in [0, 0.1) is 0 Å². The zero-order chi connectivity index (χ0) is 19.7. The van der Waals surface area contributed by atoms with Crippen molar-refractivity contribution in [1.29, 1.82) is 0 Å². The van der Waals surface area contributed by atoms with Gasteiger partial charge < -0.3 is 14.6 Å². The van der Waals surface area contributed by atoms with E-state index in [1.807, 2.05) is 0 Å². The van der Waals surface area contributed by atoms with Gasteiger partial charge in [0.05, 0.1) is 11.8 Å². The first-order valence-corrected chi connectivity index (χ1v) is 10.9. The number of likely N-dealkylation sites (tertiary alicyclic amines) is 1. The smallest absolute Gasteiger partial charge is 0.307 e. The van der Waals surface area contributed by atoms with Crippen molar-refractivity contribution in [1.82, 2.24) is 14.9 Å². The normalized spacial score (nSPS) is 17.5. The summed E-state index contributed by atoms with van der Waals surface area (Å²) in [6.45, 7) is 3.08. The third-order valence-corrected chi connectivity index (χ3v) is 6.70. The van der Waals surface area contributed by atoms with Gasteiger partial charge in [-0.1, -0.05) is 0 Å². The first-order valence-electron chi connectivity index (χ1n) is 10.0. The van der Waals surface area contributed by atoms with Gasteiger partial charge in [0.1, 0.15) is 10.7 Å². The van der Waals surface area contributed by atoms with E-state index in [1.54, 1.807) is 23.2 Å². The number of hydrogen-bond acceptors (Lipinski definition) is 6. The Bertz CT molecular complexity index is 958. The molecule has 1 aliphatic heterocycles. The number of carbonyl (C=O) groups is 2. The van der Waals surface area contributed by atoms with Gasteiger partial charge in [0.25, 0.3) is 11.5 Å². The Morgan fingerprint density at radius 1 is 1.21 bits per heavy atom. The summed E-state index contributed by atoms with van der Waals surface area (Å²) in [5.74, 6) is -0.0946. The lowest BCUT2D eigenvalue weighted by Gasteiger charge is -2.20. The lowest BCUT2D eigenvalue weighted by molar-refractivity contribution is -0.158. The quantitative estimate of drug-likeness (QED) is 0.774. The molecule has 0 radical (unpaired) electrons. The first-order chi connectivity index (χ1) is 13.5. The van der Waals surface area contributed by atoms with Crippen LogP contribution in [0.5, 0.6) is 0 Å². The molecule has 2 aromatic rings. The fraction of sp³-hybridized carbons (Fsp3) is 0.600. The molecular formula is C20H25N3O4S. The maximum Gasteiger partial charge on any atom is 0.307 e. The lowest BCUT2D eigenvalue weighted by Crippen LogP contribution is -2.38. The molecule has 0 aromatic carbocycles. The number of carbonyl (C=O) groups excluding carboxylic acids is 2. The molecule has 0 saturated carbocycles. The van der Waals surface area contributed by atoms with E-state index >= 15 is 0 Å². The van der Waals surface area contributed by atoms with E-state index in [4.69, 9.17) is 4.74 Å². The summed E-state index contributed by atoms with van der Waals surface area (Å²) < 4.78 is 5.28. The minimum Gasteiger partial charge on any atom is -0.453 e. The Labute approximate surface area is 167 Å². The summed E-state index contributed by atoms with van der Waals surface area (Å²) in [5.41, 5.74) is 1.03. The maximum atomic E-state index is 12.5. The Morgan fingerprint density at radius 2 is 1.96 bits per heavy atom. The number of H-pyrrole nitrogens is 1. The Morgan fingerprint density at radius 3 is 2.75 bits per heavy atom. The molecule has 1 atom stereocenters. The highest BCUT2D eigenvalue weighted by atomic mass is 32.1. The summed E-state index contributed by atoms with van der Waals surface area (Å²) in [7, 11) is 0. The van der Waals surface area contributed by atoms with Crippen LogP contribution in [0.25, 0.3) is 10.2 Å². The van der Waals surface area contributed by atoms with E-state index in [0.717, 1.165) is 67.4 Å². The summed E-state index contributed by atoms with van der Waals surface area (Å²) >= 11 is 1.59. The standard InChI is InChI=1S/C20H25N3O4S/c1-12(20(26)23-10-4-5-11-23)27-16(24)9-8-15-21-18(25)17-13-6-2-3-7-14(13)28-19(17)22-15/h12H,2-11H2,1H3,(H,21,22,25)/t12-/m0/s1. The molecule has 2 aromatic heterocycles. The van der Waals surface area contributed by atoms with E-state index < -0.39 is 12.1 Å². The molecule has 2 aliphatic rings. The van der Waals surface area contributed by atoms with Crippen molar-refractivity contribution in [2.75, 3.05) is 13.1 Å². The van der Waals surface area contributed by atoms with Crippen LogP contribution in [-0.2, 0) is 33.6 Å². The highest BCUT2D eigenvalue weighted by Gasteiger charge is 2.26. The highest BCUT2D eigenvalue weighted by molar-refractivity contribution is 7.18. The second-order valence-electron chi connectivity index (χ2n) is 7.57. The number of fused-ring (bicyclic) bond motifs is 3. The predicted octanol–water partition coefficient (Wildman–Crippen LogP) is 2.35. The van der Waals surface area contributed by atoms with E-state index in [1.165, 1.54) is 4.88 Å². The SMILES string of the molecule is C[C@H](OC(=O)CCc1nc2sc3c(c2c(=O)[nH]1)CCCC3)C(=O)N1CCCC1. The van der Waals surface area contributed by atoms with Gasteiger partial charge in [-0.3, -0.25) is 14.4 Å². The van der Waals surface area contributed by atoms with Crippen LogP contribution in [-0.4, -0.2) is 45.9 Å². The van der Waals surface area contributed by atoms with Gasteiger partial charge in [0.2, 0.25) is 0 Å². The number of aromatic nitrogens is 2. The second-order valence-corrected chi connectivity index (χ2v) is 8.65. The minimum absolute atomic E-state index is 0.0805. The zero-order valence-corrected chi connectivity index (χ0v) is 16.9. The van der Waals surface area contributed by atoms with Crippen molar-refractivity contribution in [3.8, 4) is 0 Å². The van der Waals surface area contributed by atoms with Crippen molar-refractivity contribution < 1.29 is 14.3 Å². The average Bonchev–Trinajstić information content (AvgIpc) is 3.33. The Balaban J connectivity index is 1.39. The van der Waals surface area contributed by atoms with E-state index in [-0.39, 0.29) is 24.3 Å². The van der Waals surface area contributed by atoms with Gasteiger partial charge in [-0.2, -0.15) is 0 Å². The predicted molar refractivity (Wildman–Crippen MR) is 107 cm³/mol. The first kappa shape index (κ1) is 19.1. The van der Waals surface area contributed by atoms with Crippen molar-refractivity contribution in [2.45, 2.75) is 64.4 Å². The van der Waals surface area contributed by atoms with E-state index in [9.17, 15) is 14.4 Å². The van der Waals surface area contributed by atoms with Crippen LogP contribution in [0.1, 0.15) is 55.3 Å². The molecule has 0 spiro atoms. The number of amides is 1. The summed E-state index contributed by atoms with van der Waals surface area (Å²) in [6.07, 6.45) is 5.82. The molecule has 1 amide bonds. The van der Waals surface area contributed by atoms with Crippen LogP contribution < -0.4 is 5.56 Å². The second kappa shape index (κ2) is 8.03. The minimum atomic E-state index is -0.774. The van der Waals surface area contributed by atoms with Gasteiger partial charge >= 0.3 is 5.97 Å². The maximum absolute atomic E-state index is 12.5. The van der Waals surface area contributed by atoms with Gasteiger partial charge in [-0.05, 0) is 51.0 Å². The van der Waals surface area contributed by atoms with Crippen molar-refractivity contribution >= 4 is 33.4 Å². The van der Waals surface area contributed by atoms with Crippen LogP contribution in [0.3, 0.4) is 0 Å². The topological polar surface area (TPSA) is 92.4 Å². The molecule has 4 rings (SSSR count). The van der Waals surface area contributed by atoms with Crippen LogP contribution in [0.4, 0.5) is 0 Å². The number of nitrogens with one attached hydrogen (secondary N) is 1. The number of aromatic amines is 1. The molecule has 28 heavy (non-hydrogen) atoms. The molecular weight excluding hydrogens is 378 g/mol. The highest BCUT2D eigenvalue weighted by Crippen LogP contribution is 2.33. The average molecular weight is 404 g/mol. The number of aryl methyl sites for hydroxylation is 3. The Kier molecular flexibility index (Phi) is 5.48. The Hall–Kier alpha value is -2.22. The fourth-order valence-electron chi connectivity index (χ4n) is 4.05. The molecule has 7 nitrogen and oxygen atoms in total. The van der Waals surface area contributed by atoms with Crippen LogP contribution in [0.15, 0.2) is 4.79 Å². The molecule has 1 saturated heterocycles. The summed E-state index contributed by atoms with van der Waals surface area (Å²) in [6, 6.07) is 0. The van der Waals surface area contributed by atoms with Crippen molar-refractivity contribution in [3.05, 3.63) is 26.6 Å². The third kappa shape index (κ3) is 3.83. The summed E-state index contributed by atoms with van der Waals surface area (Å²) in [4.78, 5) is 48.1. The van der Waals surface area contributed by atoms with Crippen molar-refractivity contribution in [3.63, 3.8) is 0 Å². The molecule has 0 unspecified atom stereocenters. The van der Waals surface area contributed by atoms with Gasteiger partial charge in [0, 0.05) is 24.4 Å². The molecule has 3 heterocycles. The fourth-order valence-corrected chi connectivity index (χ4v) is 5.33. The van der Waals surface area contributed by atoms with E-state index in [0.29, 0.717) is 5.82 Å². The van der Waals surface area contributed by atoms with Gasteiger partial charge in [-0.15, -0.1) is 11.3 Å². The van der Waals surface area contributed by atoms with Gasteiger partial charge in [0.15, 0.2) is 6.10 Å². The summed E-state index contributed by atoms with van der Waals surface area (Å²) in [5, 5.41) is 0.718. The molecule has 1 fully saturated rings. The number of ether oxygens (including phenoxy) is 1. The molecule has 0 bridgehead atoms. The van der Waals surface area contributed by atoms with Gasteiger partial charge in [-0.25, -0.2) is 4.98 Å². The number of hydrogen-bond donors (Lipinski definition) is 1. The van der Waals surface area contributed by atoms with Crippen molar-refractivity contribution in [2.24, 2.45) is 0 Å². The molecule has 150 valence electrons. The van der Waals surface area contributed by atoms with Crippen LogP contribution in [0.2, 0.25) is 0 Å². The largest absolute Gasteiger partial charge is 0.453 e. The zero-order valence-electron chi connectivity index (χ0n) is 16.1. The molecule has 1 aliphatic carbocycles. The number of esters is 1. The van der Waals surface area contributed by atoms with E-state index in [2.05, 4.69) is 9.97 Å². The molecule has 8 heteroatoms. The molecule has 1 N–H and O–H groups in total.